The van der Waals surface area contributed by atoms with Crippen LogP contribution in [0.25, 0.3) is 0 Å². The molecule has 0 unspecified atom stereocenters. The van der Waals surface area contributed by atoms with E-state index in [4.69, 9.17) is 15.6 Å². The van der Waals surface area contributed by atoms with E-state index in [0.717, 1.165) is 64.7 Å². The molecule has 206 valence electrons. The first-order valence-electron chi connectivity index (χ1n) is 12.4. The number of Topliss-reactive ketones (excluding diaryl/α,β-unsaturated/α-hetero) is 1. The summed E-state index contributed by atoms with van der Waals surface area (Å²) in [6, 6.07) is 1.96. The van der Waals surface area contributed by atoms with Gasteiger partial charge in [0.05, 0.1) is 5.70 Å². The first-order chi connectivity index (χ1) is 18.1. The average molecular weight is 538 g/mol. The fraction of sp³-hybridized carbons (Fsp3) is 0.542. The lowest BCUT2D eigenvalue weighted by Gasteiger charge is -2.31. The van der Waals surface area contributed by atoms with Gasteiger partial charge in [-0.2, -0.15) is 13.2 Å². The summed E-state index contributed by atoms with van der Waals surface area (Å²) in [6.07, 6.45) is 2.19. The van der Waals surface area contributed by atoms with Gasteiger partial charge in [-0.1, -0.05) is 0 Å². The molecule has 38 heavy (non-hydrogen) atoms. The molecule has 0 amide bonds. The molecule has 1 aromatic rings. The lowest BCUT2D eigenvalue weighted by atomic mass is 9.97. The van der Waals surface area contributed by atoms with Gasteiger partial charge in [0.25, 0.3) is 0 Å². The Morgan fingerprint density at radius 1 is 0.947 bits per heavy atom. The van der Waals surface area contributed by atoms with Crippen molar-refractivity contribution < 1.29 is 32.7 Å². The number of piperidine rings is 1. The Balaban J connectivity index is 0.000000145. The number of aliphatic carboxylic acids is 1. The maximum atomic E-state index is 12.4. The molecule has 4 fully saturated rings. The van der Waals surface area contributed by atoms with Crippen LogP contribution in [0, 0.1) is 5.92 Å². The molecule has 5 aliphatic rings. The van der Waals surface area contributed by atoms with Gasteiger partial charge in [0.2, 0.25) is 11.6 Å². The minimum Gasteiger partial charge on any atom is -0.475 e. The third-order valence-corrected chi connectivity index (χ3v) is 6.57. The SMILES string of the molecule is NCC1CCN(c2ccncn2)CC1.O=C(O)C(F)(F)F.O=C1C=C(N2CC2)C(=O)C(N2CC2)=C1N1CC1. The van der Waals surface area contributed by atoms with Gasteiger partial charge in [-0.3, -0.25) is 9.59 Å². The van der Waals surface area contributed by atoms with Crippen molar-refractivity contribution in [2.75, 3.05) is 63.8 Å². The van der Waals surface area contributed by atoms with Crippen molar-refractivity contribution >= 4 is 23.4 Å². The number of rotatable bonds is 5. The number of carbonyl (C=O) groups excluding carboxylic acids is 2. The predicted molar refractivity (Wildman–Crippen MR) is 130 cm³/mol. The van der Waals surface area contributed by atoms with E-state index < -0.39 is 12.1 Å². The zero-order chi connectivity index (χ0) is 27.4. The van der Waals surface area contributed by atoms with Crippen LogP contribution in [-0.4, -0.2) is 112 Å². The summed E-state index contributed by atoms with van der Waals surface area (Å²) in [5.41, 5.74) is 7.53. The molecular formula is C24H30F3N7O4. The maximum Gasteiger partial charge on any atom is 0.490 e. The first-order valence-corrected chi connectivity index (χ1v) is 12.4. The Hall–Kier alpha value is -3.68. The monoisotopic (exact) mass is 537 g/mol. The molecule has 0 spiro atoms. The third-order valence-electron chi connectivity index (χ3n) is 6.57. The molecule has 0 atom stereocenters. The molecular weight excluding hydrogens is 507 g/mol. The second-order valence-electron chi connectivity index (χ2n) is 9.42. The Labute approximate surface area is 217 Å². The van der Waals surface area contributed by atoms with Crippen LogP contribution in [0.4, 0.5) is 19.0 Å². The lowest BCUT2D eigenvalue weighted by Crippen LogP contribution is -2.36. The number of carboxylic acid groups (broad SMARTS) is 1. The minimum absolute atomic E-state index is 0.00546. The fourth-order valence-corrected chi connectivity index (χ4v) is 4.14. The van der Waals surface area contributed by atoms with Gasteiger partial charge in [0.1, 0.15) is 23.5 Å². The smallest absolute Gasteiger partial charge is 0.475 e. The predicted octanol–water partition coefficient (Wildman–Crippen LogP) is 0.466. The van der Waals surface area contributed by atoms with Crippen molar-refractivity contribution in [3.63, 3.8) is 0 Å². The standard InChI is InChI=1S/C12H13N3O2.C10H16N4.C2HF3O2/c16-9-7-8(13-1-2-13)12(17)11(15-5-6-15)10(9)14-3-4-14;11-7-9-2-5-14(6-3-9)10-1-4-12-8-13-10;3-2(4,5)1(6)7/h7H,1-6H2;1,4,8-9H,2-3,5-7,11H2;(H,6,7). The highest BCUT2D eigenvalue weighted by Gasteiger charge is 2.43. The number of aromatic nitrogens is 2. The van der Waals surface area contributed by atoms with E-state index >= 15 is 0 Å². The molecule has 5 heterocycles. The zero-order valence-electron chi connectivity index (χ0n) is 20.7. The molecule has 0 bridgehead atoms. The Kier molecular flexibility index (Phi) is 8.19. The van der Waals surface area contributed by atoms with E-state index in [-0.39, 0.29) is 11.6 Å². The molecule has 14 heteroatoms. The Bertz CT molecular complexity index is 1110. The fourth-order valence-electron chi connectivity index (χ4n) is 4.14. The summed E-state index contributed by atoms with van der Waals surface area (Å²) in [6.45, 7) is 8.36. The summed E-state index contributed by atoms with van der Waals surface area (Å²) < 4.78 is 31.7. The van der Waals surface area contributed by atoms with Gasteiger partial charge in [0.15, 0.2) is 0 Å². The average Bonchev–Trinajstić information content (AvgIpc) is 3.75. The van der Waals surface area contributed by atoms with Gasteiger partial charge in [-0.05, 0) is 31.4 Å². The number of hydrogen-bond acceptors (Lipinski definition) is 10. The number of ketones is 2. The Morgan fingerprint density at radius 3 is 1.95 bits per heavy atom. The quantitative estimate of drug-likeness (QED) is 0.401. The third kappa shape index (κ3) is 7.00. The van der Waals surface area contributed by atoms with Crippen LogP contribution in [0.15, 0.2) is 41.8 Å². The molecule has 11 nitrogen and oxygen atoms in total. The van der Waals surface area contributed by atoms with Gasteiger partial charge >= 0.3 is 12.1 Å². The summed E-state index contributed by atoms with van der Waals surface area (Å²) in [4.78, 5) is 49.8. The number of hydrogen-bond donors (Lipinski definition) is 2. The van der Waals surface area contributed by atoms with Gasteiger partial charge < -0.3 is 30.4 Å². The normalized spacial score (nSPS) is 20.8. The van der Waals surface area contributed by atoms with E-state index in [2.05, 4.69) is 14.9 Å². The van der Waals surface area contributed by atoms with Crippen molar-refractivity contribution in [1.29, 1.82) is 0 Å². The molecule has 0 saturated carbocycles. The lowest BCUT2D eigenvalue weighted by molar-refractivity contribution is -0.192. The molecule has 0 radical (unpaired) electrons. The van der Waals surface area contributed by atoms with E-state index in [1.165, 1.54) is 18.9 Å². The van der Waals surface area contributed by atoms with Crippen molar-refractivity contribution in [3.8, 4) is 0 Å². The number of nitrogens with zero attached hydrogens (tertiary/aromatic N) is 6. The molecule has 1 aliphatic carbocycles. The molecule has 0 aromatic carbocycles. The number of carboxylic acids is 1. The number of alkyl halides is 3. The van der Waals surface area contributed by atoms with Crippen LogP contribution in [0.2, 0.25) is 0 Å². The van der Waals surface area contributed by atoms with Gasteiger partial charge in [-0.15, -0.1) is 0 Å². The number of nitrogens with two attached hydrogens (primary N) is 1. The van der Waals surface area contributed by atoms with Crippen molar-refractivity contribution in [2.45, 2.75) is 19.0 Å². The number of anilines is 1. The van der Waals surface area contributed by atoms with Crippen LogP contribution in [0.1, 0.15) is 12.8 Å². The van der Waals surface area contributed by atoms with E-state index in [1.807, 2.05) is 20.8 Å². The van der Waals surface area contributed by atoms with Crippen LogP contribution in [-0.2, 0) is 14.4 Å². The summed E-state index contributed by atoms with van der Waals surface area (Å²) >= 11 is 0. The second-order valence-corrected chi connectivity index (χ2v) is 9.42. The minimum atomic E-state index is -5.08. The van der Waals surface area contributed by atoms with E-state index in [1.54, 1.807) is 12.5 Å². The number of carbonyl (C=O) groups is 3. The number of halogens is 3. The molecule has 4 aliphatic heterocycles. The van der Waals surface area contributed by atoms with Crippen LogP contribution in [0.5, 0.6) is 0 Å². The summed E-state index contributed by atoms with van der Waals surface area (Å²) in [5, 5.41) is 7.12. The highest BCUT2D eigenvalue weighted by molar-refractivity contribution is 6.22. The maximum absolute atomic E-state index is 12.4. The van der Waals surface area contributed by atoms with Crippen molar-refractivity contribution in [3.05, 3.63) is 41.8 Å². The highest BCUT2D eigenvalue weighted by Crippen LogP contribution is 2.34. The summed E-state index contributed by atoms with van der Waals surface area (Å²) in [7, 11) is 0. The topological polar surface area (TPSA) is 136 Å². The molecule has 3 N–H and O–H groups in total. The zero-order valence-corrected chi connectivity index (χ0v) is 20.7. The Morgan fingerprint density at radius 2 is 1.50 bits per heavy atom. The summed E-state index contributed by atoms with van der Waals surface area (Å²) in [5.74, 6) is -0.969. The van der Waals surface area contributed by atoms with Gasteiger partial charge in [0, 0.05) is 64.6 Å². The molecule has 6 rings (SSSR count). The second kappa shape index (κ2) is 11.4. The first kappa shape index (κ1) is 27.4. The van der Waals surface area contributed by atoms with E-state index in [0.29, 0.717) is 23.0 Å². The van der Waals surface area contributed by atoms with Crippen LogP contribution < -0.4 is 10.6 Å². The number of allylic oxidation sites excluding steroid dienone is 1. The van der Waals surface area contributed by atoms with Crippen molar-refractivity contribution in [2.24, 2.45) is 11.7 Å². The van der Waals surface area contributed by atoms with Gasteiger partial charge in [-0.25, -0.2) is 14.8 Å². The van der Waals surface area contributed by atoms with Crippen molar-refractivity contribution in [1.82, 2.24) is 24.7 Å². The molecule has 1 aromatic heterocycles. The highest BCUT2D eigenvalue weighted by atomic mass is 19.4. The van der Waals surface area contributed by atoms with E-state index in [9.17, 15) is 22.8 Å². The molecule has 4 saturated heterocycles. The van der Waals surface area contributed by atoms with Crippen LogP contribution in [0.3, 0.4) is 0 Å². The van der Waals surface area contributed by atoms with Crippen LogP contribution >= 0.6 is 0 Å². The largest absolute Gasteiger partial charge is 0.490 e.